The van der Waals surface area contributed by atoms with E-state index in [9.17, 15) is 9.18 Å². The molecule has 4 aromatic rings. The minimum absolute atomic E-state index is 0.193. The molecular weight excluding hydrogens is 383 g/mol. The summed E-state index contributed by atoms with van der Waals surface area (Å²) >= 11 is 0. The fourth-order valence-corrected chi connectivity index (χ4v) is 4.03. The molecule has 1 fully saturated rings. The van der Waals surface area contributed by atoms with E-state index in [1.165, 1.54) is 12.1 Å². The van der Waals surface area contributed by atoms with Crippen LogP contribution in [0.5, 0.6) is 0 Å². The normalized spacial score (nSPS) is 17.9. The third kappa shape index (κ3) is 3.13. The van der Waals surface area contributed by atoms with Gasteiger partial charge in [-0.25, -0.2) is 14.4 Å². The van der Waals surface area contributed by atoms with Crippen LogP contribution in [0.3, 0.4) is 0 Å². The number of piperazine rings is 1. The van der Waals surface area contributed by atoms with Crippen molar-refractivity contribution >= 4 is 17.0 Å². The Balaban J connectivity index is 1.56. The van der Waals surface area contributed by atoms with E-state index in [1.807, 2.05) is 25.3 Å². The number of pyridine rings is 2. The standard InChI is InChI=1S/C22H23FN6O/c1-14-10-28-12-16(8-18(23)22(28)24-14)19-9-21(30)29-13-17(4-5-20(29)25-19)27-7-6-26(3)15(2)11-27/h4-5,8-10,12-13,15H,6-7,11H2,1-3H3. The van der Waals surface area contributed by atoms with Crippen LogP contribution in [-0.4, -0.2) is 56.4 Å². The van der Waals surface area contributed by atoms with E-state index < -0.39 is 5.82 Å². The molecule has 0 spiro atoms. The van der Waals surface area contributed by atoms with Gasteiger partial charge in [-0.05, 0) is 39.1 Å². The fraction of sp³-hybridized carbons (Fsp3) is 0.318. The number of fused-ring (bicyclic) bond motifs is 2. The molecular formula is C22H23FN6O. The average molecular weight is 406 g/mol. The summed E-state index contributed by atoms with van der Waals surface area (Å²) in [4.78, 5) is 26.3. The first-order chi connectivity index (χ1) is 14.4. The number of aromatic nitrogens is 4. The molecule has 5 rings (SSSR count). The maximum absolute atomic E-state index is 14.5. The summed E-state index contributed by atoms with van der Waals surface area (Å²) in [5.74, 6) is -0.442. The van der Waals surface area contributed by atoms with E-state index in [0.717, 1.165) is 31.0 Å². The van der Waals surface area contributed by atoms with Crippen LogP contribution >= 0.6 is 0 Å². The number of hydrogen-bond acceptors (Lipinski definition) is 5. The maximum atomic E-state index is 14.5. The number of likely N-dealkylation sites (N-methyl/N-ethyl adjacent to an activating group) is 1. The monoisotopic (exact) mass is 406 g/mol. The highest BCUT2D eigenvalue weighted by molar-refractivity contribution is 5.64. The molecule has 1 unspecified atom stereocenters. The van der Waals surface area contributed by atoms with Crippen LogP contribution < -0.4 is 10.5 Å². The Bertz CT molecular complexity index is 1330. The predicted octanol–water partition coefficient (Wildman–Crippen LogP) is 2.60. The summed E-state index contributed by atoms with van der Waals surface area (Å²) in [6, 6.07) is 7.11. The van der Waals surface area contributed by atoms with Crippen LogP contribution in [0.15, 0.2) is 47.7 Å². The number of imidazole rings is 1. The number of anilines is 1. The Labute approximate surface area is 173 Å². The van der Waals surface area contributed by atoms with Crippen molar-refractivity contribution in [3.05, 3.63) is 64.7 Å². The first-order valence-corrected chi connectivity index (χ1v) is 10.0. The molecule has 4 aromatic heterocycles. The Kier molecular flexibility index (Phi) is 4.32. The van der Waals surface area contributed by atoms with Gasteiger partial charge in [-0.3, -0.25) is 9.20 Å². The second-order valence-corrected chi connectivity index (χ2v) is 8.06. The zero-order valence-corrected chi connectivity index (χ0v) is 17.2. The highest BCUT2D eigenvalue weighted by atomic mass is 19.1. The smallest absolute Gasteiger partial charge is 0.258 e. The van der Waals surface area contributed by atoms with E-state index in [4.69, 9.17) is 0 Å². The summed E-state index contributed by atoms with van der Waals surface area (Å²) in [5.41, 5.74) is 3.30. The molecule has 0 radical (unpaired) electrons. The van der Waals surface area contributed by atoms with Gasteiger partial charge in [0.15, 0.2) is 11.5 Å². The van der Waals surface area contributed by atoms with Gasteiger partial charge in [0, 0.05) is 55.9 Å². The zero-order chi connectivity index (χ0) is 21.0. The maximum Gasteiger partial charge on any atom is 0.258 e. The van der Waals surface area contributed by atoms with Crippen LogP contribution in [0, 0.1) is 12.7 Å². The molecule has 30 heavy (non-hydrogen) atoms. The molecule has 0 amide bonds. The molecule has 1 aliphatic heterocycles. The lowest BCUT2D eigenvalue weighted by atomic mass is 10.2. The van der Waals surface area contributed by atoms with Crippen LogP contribution in [0.4, 0.5) is 10.1 Å². The van der Waals surface area contributed by atoms with Gasteiger partial charge in [0.2, 0.25) is 0 Å². The lowest BCUT2D eigenvalue weighted by molar-refractivity contribution is 0.234. The summed E-state index contributed by atoms with van der Waals surface area (Å²) in [6.45, 7) is 6.81. The molecule has 0 aromatic carbocycles. The topological polar surface area (TPSA) is 58.2 Å². The fourth-order valence-electron chi connectivity index (χ4n) is 4.03. The summed E-state index contributed by atoms with van der Waals surface area (Å²) in [5, 5.41) is 0. The summed E-state index contributed by atoms with van der Waals surface area (Å²) < 4.78 is 17.7. The Morgan fingerprint density at radius 2 is 1.93 bits per heavy atom. The lowest BCUT2D eigenvalue weighted by Crippen LogP contribution is -2.50. The average Bonchev–Trinajstić information content (AvgIpc) is 3.10. The van der Waals surface area contributed by atoms with Gasteiger partial charge in [0.25, 0.3) is 5.56 Å². The van der Waals surface area contributed by atoms with Crippen molar-refractivity contribution in [2.24, 2.45) is 0 Å². The third-order valence-corrected chi connectivity index (χ3v) is 5.89. The number of nitrogens with zero attached hydrogens (tertiary/aromatic N) is 6. The second-order valence-electron chi connectivity index (χ2n) is 8.06. The number of hydrogen-bond donors (Lipinski definition) is 0. The van der Waals surface area contributed by atoms with Gasteiger partial charge >= 0.3 is 0 Å². The molecule has 1 aliphatic rings. The Morgan fingerprint density at radius 1 is 1.10 bits per heavy atom. The van der Waals surface area contributed by atoms with Crippen molar-refractivity contribution < 1.29 is 4.39 Å². The van der Waals surface area contributed by atoms with Crippen molar-refractivity contribution in [1.82, 2.24) is 23.7 Å². The van der Waals surface area contributed by atoms with Gasteiger partial charge in [-0.1, -0.05) is 0 Å². The minimum atomic E-state index is -0.442. The number of rotatable bonds is 2. The van der Waals surface area contributed by atoms with Gasteiger partial charge in [-0.2, -0.15) is 0 Å². The van der Waals surface area contributed by atoms with E-state index in [2.05, 4.69) is 33.7 Å². The highest BCUT2D eigenvalue weighted by Gasteiger charge is 2.21. The molecule has 8 heteroatoms. The minimum Gasteiger partial charge on any atom is -0.367 e. The Hall–Kier alpha value is -3.26. The molecule has 0 N–H and O–H groups in total. The van der Waals surface area contributed by atoms with E-state index in [1.54, 1.807) is 21.2 Å². The van der Waals surface area contributed by atoms with E-state index >= 15 is 0 Å². The van der Waals surface area contributed by atoms with Crippen LogP contribution in [-0.2, 0) is 0 Å². The lowest BCUT2D eigenvalue weighted by Gasteiger charge is -2.39. The van der Waals surface area contributed by atoms with Crippen LogP contribution in [0.1, 0.15) is 12.6 Å². The van der Waals surface area contributed by atoms with Gasteiger partial charge in [-0.15, -0.1) is 0 Å². The summed E-state index contributed by atoms with van der Waals surface area (Å²) in [6.07, 6.45) is 5.34. The first kappa shape index (κ1) is 18.7. The van der Waals surface area contributed by atoms with Crippen LogP contribution in [0.25, 0.3) is 22.6 Å². The van der Waals surface area contributed by atoms with Crippen molar-refractivity contribution in [2.45, 2.75) is 19.9 Å². The predicted molar refractivity (Wildman–Crippen MR) is 115 cm³/mol. The van der Waals surface area contributed by atoms with Crippen molar-refractivity contribution in [2.75, 3.05) is 31.6 Å². The molecule has 154 valence electrons. The molecule has 1 atom stereocenters. The van der Waals surface area contributed by atoms with Crippen molar-refractivity contribution in [3.63, 3.8) is 0 Å². The molecule has 0 saturated carbocycles. The summed E-state index contributed by atoms with van der Waals surface area (Å²) in [7, 11) is 2.13. The molecule has 0 bridgehead atoms. The highest BCUT2D eigenvalue weighted by Crippen LogP contribution is 2.22. The number of halogens is 1. The van der Waals surface area contributed by atoms with Gasteiger partial charge in [0.05, 0.1) is 17.1 Å². The first-order valence-electron chi connectivity index (χ1n) is 10.0. The molecule has 7 nitrogen and oxygen atoms in total. The second kappa shape index (κ2) is 6.91. The van der Waals surface area contributed by atoms with E-state index in [0.29, 0.717) is 22.9 Å². The third-order valence-electron chi connectivity index (χ3n) is 5.89. The quantitative estimate of drug-likeness (QED) is 0.512. The van der Waals surface area contributed by atoms with E-state index in [-0.39, 0.29) is 11.2 Å². The SMILES string of the molecule is Cc1cn2cc(-c3cc(=O)n4cc(N5CCN(C)C(C)C5)ccc4n3)cc(F)c2n1. The van der Waals surface area contributed by atoms with Crippen molar-refractivity contribution in [1.29, 1.82) is 0 Å². The number of aryl methyl sites for hydroxylation is 1. The van der Waals surface area contributed by atoms with Crippen LogP contribution in [0.2, 0.25) is 0 Å². The van der Waals surface area contributed by atoms with Gasteiger partial charge in [0.1, 0.15) is 5.65 Å². The zero-order valence-electron chi connectivity index (χ0n) is 17.2. The largest absolute Gasteiger partial charge is 0.367 e. The molecule has 5 heterocycles. The molecule has 0 aliphatic carbocycles. The Morgan fingerprint density at radius 3 is 2.73 bits per heavy atom. The van der Waals surface area contributed by atoms with Gasteiger partial charge < -0.3 is 14.2 Å². The molecule has 1 saturated heterocycles. The van der Waals surface area contributed by atoms with Crippen molar-refractivity contribution in [3.8, 4) is 11.3 Å².